The van der Waals surface area contributed by atoms with E-state index in [2.05, 4.69) is 11.8 Å². The van der Waals surface area contributed by atoms with Crippen LogP contribution in [0, 0.1) is 11.8 Å². The lowest BCUT2D eigenvalue weighted by Crippen LogP contribution is -2.47. The topological polar surface area (TPSA) is 66.6 Å². The van der Waals surface area contributed by atoms with Gasteiger partial charge in [0.05, 0.1) is 6.54 Å². The number of carbonyl (C=O) groups is 2. The molecule has 0 aliphatic carbocycles. The number of primary amides is 1. The molecule has 0 radical (unpaired) electrons. The minimum Gasteiger partial charge on any atom is -0.369 e. The molecule has 2 N–H and O–H groups in total. The zero-order valence-electron chi connectivity index (χ0n) is 11.8. The van der Waals surface area contributed by atoms with Gasteiger partial charge in [-0.1, -0.05) is 6.92 Å². The summed E-state index contributed by atoms with van der Waals surface area (Å²) in [4.78, 5) is 27.5. The molecule has 0 aromatic carbocycles. The summed E-state index contributed by atoms with van der Waals surface area (Å²) >= 11 is 0. The summed E-state index contributed by atoms with van der Waals surface area (Å²) in [6, 6.07) is 0. The van der Waals surface area contributed by atoms with Gasteiger partial charge < -0.3 is 10.6 Å². The van der Waals surface area contributed by atoms with Gasteiger partial charge >= 0.3 is 0 Å². The largest absolute Gasteiger partial charge is 0.369 e. The molecule has 2 aliphatic heterocycles. The maximum absolute atomic E-state index is 12.2. The van der Waals surface area contributed by atoms with Crippen LogP contribution < -0.4 is 5.73 Å². The third kappa shape index (κ3) is 3.93. The van der Waals surface area contributed by atoms with E-state index in [0.29, 0.717) is 12.5 Å². The molecule has 2 rings (SSSR count). The molecule has 5 heteroatoms. The molecular formula is C14H25N3O2. The minimum absolute atomic E-state index is 0.00126. The van der Waals surface area contributed by atoms with Crippen LogP contribution >= 0.6 is 0 Å². The molecule has 2 fully saturated rings. The van der Waals surface area contributed by atoms with Crippen molar-refractivity contribution in [3.8, 4) is 0 Å². The zero-order valence-corrected chi connectivity index (χ0v) is 11.8. The number of hydrogen-bond acceptors (Lipinski definition) is 3. The Morgan fingerprint density at radius 1 is 1.16 bits per heavy atom. The molecule has 108 valence electrons. The lowest BCUT2D eigenvalue weighted by molar-refractivity contribution is -0.134. The number of carbonyl (C=O) groups excluding carboxylic acids is 2. The van der Waals surface area contributed by atoms with E-state index in [1.165, 1.54) is 6.42 Å². The highest BCUT2D eigenvalue weighted by atomic mass is 16.2. The molecule has 5 nitrogen and oxygen atoms in total. The molecule has 2 aliphatic rings. The van der Waals surface area contributed by atoms with Crippen LogP contribution in [-0.2, 0) is 9.59 Å². The van der Waals surface area contributed by atoms with Crippen LogP contribution in [0.4, 0.5) is 0 Å². The van der Waals surface area contributed by atoms with E-state index in [1.807, 2.05) is 4.90 Å². The Labute approximate surface area is 115 Å². The Morgan fingerprint density at radius 3 is 2.42 bits per heavy atom. The summed E-state index contributed by atoms with van der Waals surface area (Å²) in [5.41, 5.74) is 5.31. The highest BCUT2D eigenvalue weighted by Gasteiger charge is 2.26. The van der Waals surface area contributed by atoms with Crippen LogP contribution in [0.25, 0.3) is 0 Å². The quantitative estimate of drug-likeness (QED) is 0.807. The maximum Gasteiger partial charge on any atom is 0.236 e. The van der Waals surface area contributed by atoms with Crippen molar-refractivity contribution in [2.45, 2.75) is 32.6 Å². The average Bonchev–Trinajstić information content (AvgIpc) is 2.39. The molecule has 2 heterocycles. The van der Waals surface area contributed by atoms with Gasteiger partial charge in [-0.25, -0.2) is 0 Å². The Hall–Kier alpha value is -1.10. The lowest BCUT2D eigenvalue weighted by atomic mass is 9.96. The monoisotopic (exact) mass is 267 g/mol. The van der Waals surface area contributed by atoms with Gasteiger partial charge in [0.2, 0.25) is 11.8 Å². The Balaban J connectivity index is 1.75. The molecule has 19 heavy (non-hydrogen) atoms. The summed E-state index contributed by atoms with van der Waals surface area (Å²) in [6.45, 7) is 6.12. The molecule has 0 aromatic heterocycles. The second-order valence-electron chi connectivity index (χ2n) is 6.04. The lowest BCUT2D eigenvalue weighted by Gasteiger charge is -2.35. The van der Waals surface area contributed by atoms with Crippen molar-refractivity contribution in [3.05, 3.63) is 0 Å². The van der Waals surface area contributed by atoms with Crippen molar-refractivity contribution < 1.29 is 9.59 Å². The molecule has 1 atom stereocenters. The van der Waals surface area contributed by atoms with Crippen molar-refractivity contribution >= 4 is 11.8 Å². The highest BCUT2D eigenvalue weighted by molar-refractivity contribution is 5.79. The van der Waals surface area contributed by atoms with Gasteiger partial charge in [-0.15, -0.1) is 0 Å². The van der Waals surface area contributed by atoms with Gasteiger partial charge in [0.15, 0.2) is 0 Å². The zero-order chi connectivity index (χ0) is 13.8. The van der Waals surface area contributed by atoms with Crippen LogP contribution in [0.2, 0.25) is 0 Å². The fourth-order valence-electron chi connectivity index (χ4n) is 3.08. The molecule has 0 aromatic rings. The Kier molecular flexibility index (Phi) is 4.80. The Morgan fingerprint density at radius 2 is 1.84 bits per heavy atom. The van der Waals surface area contributed by atoms with Crippen LogP contribution in [0.15, 0.2) is 0 Å². The molecule has 0 saturated carbocycles. The van der Waals surface area contributed by atoms with Gasteiger partial charge in [-0.05, 0) is 44.7 Å². The van der Waals surface area contributed by atoms with E-state index in [9.17, 15) is 9.59 Å². The molecule has 2 amide bonds. The number of nitrogens with zero attached hydrogens (tertiary/aromatic N) is 2. The summed E-state index contributed by atoms with van der Waals surface area (Å²) in [5, 5.41) is 0. The normalized spacial score (nSPS) is 26.4. The summed E-state index contributed by atoms with van der Waals surface area (Å²) in [6.07, 6.45) is 3.93. The van der Waals surface area contributed by atoms with Crippen molar-refractivity contribution in [1.82, 2.24) is 9.80 Å². The van der Waals surface area contributed by atoms with E-state index in [0.717, 1.165) is 45.4 Å². The number of hydrogen-bond donors (Lipinski definition) is 1. The van der Waals surface area contributed by atoms with Crippen LogP contribution in [-0.4, -0.2) is 54.3 Å². The fraction of sp³-hybridized carbons (Fsp3) is 0.857. The molecule has 2 saturated heterocycles. The van der Waals surface area contributed by atoms with E-state index in [-0.39, 0.29) is 17.7 Å². The number of nitrogens with two attached hydrogens (primary N) is 1. The van der Waals surface area contributed by atoms with Crippen molar-refractivity contribution in [2.75, 3.05) is 32.7 Å². The van der Waals surface area contributed by atoms with Crippen molar-refractivity contribution in [3.63, 3.8) is 0 Å². The second kappa shape index (κ2) is 6.37. The first-order valence-corrected chi connectivity index (χ1v) is 7.35. The highest BCUT2D eigenvalue weighted by Crippen LogP contribution is 2.18. The minimum atomic E-state index is -0.198. The van der Waals surface area contributed by atoms with Crippen LogP contribution in [0.1, 0.15) is 32.6 Å². The second-order valence-corrected chi connectivity index (χ2v) is 6.04. The van der Waals surface area contributed by atoms with E-state index in [1.54, 1.807) is 0 Å². The first-order chi connectivity index (χ1) is 9.06. The van der Waals surface area contributed by atoms with E-state index < -0.39 is 0 Å². The number of amides is 2. The number of rotatable bonds is 3. The Bertz CT molecular complexity index is 338. The predicted molar refractivity (Wildman–Crippen MR) is 73.3 cm³/mol. The maximum atomic E-state index is 12.2. The van der Waals surface area contributed by atoms with Crippen LogP contribution in [0.5, 0.6) is 0 Å². The van der Waals surface area contributed by atoms with Gasteiger partial charge in [0, 0.05) is 19.0 Å². The first-order valence-electron chi connectivity index (χ1n) is 7.35. The van der Waals surface area contributed by atoms with E-state index >= 15 is 0 Å². The first kappa shape index (κ1) is 14.3. The van der Waals surface area contributed by atoms with E-state index in [4.69, 9.17) is 5.73 Å². The molecule has 0 bridgehead atoms. The van der Waals surface area contributed by atoms with Gasteiger partial charge in [-0.3, -0.25) is 14.5 Å². The van der Waals surface area contributed by atoms with Crippen molar-refractivity contribution in [1.29, 1.82) is 0 Å². The predicted octanol–water partition coefficient (Wildman–Crippen LogP) is 0.442. The van der Waals surface area contributed by atoms with Crippen molar-refractivity contribution in [2.24, 2.45) is 17.6 Å². The summed E-state index contributed by atoms with van der Waals surface area (Å²) < 4.78 is 0. The number of piperidine rings is 2. The third-order valence-electron chi connectivity index (χ3n) is 4.36. The number of likely N-dealkylation sites (tertiary alicyclic amines) is 2. The SMILES string of the molecule is C[C@@H]1CCCN(C(=O)CN2CCC(C(N)=O)CC2)C1. The van der Waals surface area contributed by atoms with Gasteiger partial charge in [0.1, 0.15) is 0 Å². The molecule has 0 spiro atoms. The van der Waals surface area contributed by atoms with Crippen LogP contribution in [0.3, 0.4) is 0 Å². The fourth-order valence-corrected chi connectivity index (χ4v) is 3.08. The third-order valence-corrected chi connectivity index (χ3v) is 4.36. The van der Waals surface area contributed by atoms with Gasteiger partial charge in [-0.2, -0.15) is 0 Å². The molecule has 0 unspecified atom stereocenters. The van der Waals surface area contributed by atoms with Gasteiger partial charge in [0.25, 0.3) is 0 Å². The standard InChI is InChI=1S/C14H25N3O2/c1-11-3-2-6-17(9-11)13(18)10-16-7-4-12(5-8-16)14(15)19/h11-12H,2-10H2,1H3,(H2,15,19)/t11-/m1/s1. The molecular weight excluding hydrogens is 242 g/mol. The summed E-state index contributed by atoms with van der Waals surface area (Å²) in [7, 11) is 0. The average molecular weight is 267 g/mol. The smallest absolute Gasteiger partial charge is 0.236 e. The summed E-state index contributed by atoms with van der Waals surface area (Å²) in [5.74, 6) is 0.666.